The first kappa shape index (κ1) is 17.8. The van der Waals surface area contributed by atoms with Crippen molar-refractivity contribution in [2.24, 2.45) is 5.92 Å². The van der Waals surface area contributed by atoms with Crippen LogP contribution in [-0.2, 0) is 14.8 Å². The number of rotatable bonds is 4. The van der Waals surface area contributed by atoms with Gasteiger partial charge in [0.25, 0.3) is 0 Å². The Labute approximate surface area is 148 Å². The van der Waals surface area contributed by atoms with Gasteiger partial charge in [-0.1, -0.05) is 31.2 Å². The molecule has 0 bridgehead atoms. The van der Waals surface area contributed by atoms with E-state index in [0.29, 0.717) is 23.0 Å². The van der Waals surface area contributed by atoms with Gasteiger partial charge in [0.15, 0.2) is 0 Å². The van der Waals surface area contributed by atoms with Crippen molar-refractivity contribution in [2.75, 3.05) is 18.4 Å². The summed E-state index contributed by atoms with van der Waals surface area (Å²) in [5, 5.41) is 7.28. The molecule has 134 valence electrons. The lowest BCUT2D eigenvalue weighted by molar-refractivity contribution is -0.114. The van der Waals surface area contributed by atoms with Gasteiger partial charge in [-0.05, 0) is 31.0 Å². The van der Waals surface area contributed by atoms with Crippen LogP contribution >= 0.6 is 0 Å². The summed E-state index contributed by atoms with van der Waals surface area (Å²) < 4.78 is 28.8. The number of anilines is 1. The number of hydrogen-bond acceptors (Lipinski definition) is 4. The van der Waals surface area contributed by atoms with E-state index < -0.39 is 10.0 Å². The Morgan fingerprint density at radius 2 is 1.88 bits per heavy atom. The molecule has 2 aromatic carbocycles. The molecule has 6 nitrogen and oxygen atoms in total. The molecule has 1 saturated heterocycles. The number of benzene rings is 2. The van der Waals surface area contributed by atoms with Crippen molar-refractivity contribution in [3.8, 4) is 0 Å². The molecule has 1 aliphatic heterocycles. The van der Waals surface area contributed by atoms with Crippen LogP contribution in [-0.4, -0.2) is 33.5 Å². The van der Waals surface area contributed by atoms with Crippen molar-refractivity contribution in [1.82, 2.24) is 10.0 Å². The molecule has 2 unspecified atom stereocenters. The first-order valence-corrected chi connectivity index (χ1v) is 9.89. The minimum atomic E-state index is -3.67. The topological polar surface area (TPSA) is 87.3 Å². The van der Waals surface area contributed by atoms with Gasteiger partial charge in [-0.2, -0.15) is 0 Å². The highest BCUT2D eigenvalue weighted by atomic mass is 32.2. The van der Waals surface area contributed by atoms with Crippen molar-refractivity contribution in [1.29, 1.82) is 0 Å². The van der Waals surface area contributed by atoms with E-state index in [1.807, 2.05) is 12.1 Å². The summed E-state index contributed by atoms with van der Waals surface area (Å²) in [6.07, 6.45) is 0.940. The third-order valence-electron chi connectivity index (χ3n) is 4.62. The SMILES string of the molecule is CC(=O)Nc1ccc(S(=O)(=O)NC2CNCCC2C)c2ccccc12. The number of carbonyl (C=O) groups is 1. The Kier molecular flexibility index (Phi) is 5.08. The second-order valence-corrected chi connectivity index (χ2v) is 8.22. The summed E-state index contributed by atoms with van der Waals surface area (Å²) in [5.74, 6) is 0.0851. The number of piperidine rings is 1. The summed E-state index contributed by atoms with van der Waals surface area (Å²) in [5.41, 5.74) is 0.606. The van der Waals surface area contributed by atoms with Gasteiger partial charge in [0.2, 0.25) is 15.9 Å². The van der Waals surface area contributed by atoms with E-state index in [1.165, 1.54) is 6.92 Å². The predicted molar refractivity (Wildman–Crippen MR) is 99.0 cm³/mol. The van der Waals surface area contributed by atoms with E-state index >= 15 is 0 Å². The highest BCUT2D eigenvalue weighted by Gasteiger charge is 2.28. The minimum absolute atomic E-state index is 0.132. The quantitative estimate of drug-likeness (QED) is 0.778. The minimum Gasteiger partial charge on any atom is -0.326 e. The van der Waals surface area contributed by atoms with Gasteiger partial charge in [-0.3, -0.25) is 4.79 Å². The second-order valence-electron chi connectivity index (χ2n) is 6.54. The van der Waals surface area contributed by atoms with Crippen molar-refractivity contribution in [3.05, 3.63) is 36.4 Å². The maximum absolute atomic E-state index is 13.0. The number of hydrogen-bond donors (Lipinski definition) is 3. The molecule has 0 saturated carbocycles. The van der Waals surface area contributed by atoms with Gasteiger partial charge in [-0.25, -0.2) is 13.1 Å². The molecule has 1 aliphatic rings. The van der Waals surface area contributed by atoms with E-state index in [9.17, 15) is 13.2 Å². The summed E-state index contributed by atoms with van der Waals surface area (Å²) in [7, 11) is -3.67. The van der Waals surface area contributed by atoms with E-state index in [0.717, 1.165) is 13.0 Å². The Balaban J connectivity index is 2.01. The lowest BCUT2D eigenvalue weighted by atomic mass is 9.96. The van der Waals surface area contributed by atoms with Crippen LogP contribution in [0.25, 0.3) is 10.8 Å². The van der Waals surface area contributed by atoms with E-state index in [2.05, 4.69) is 22.3 Å². The molecule has 0 radical (unpaired) electrons. The second kappa shape index (κ2) is 7.11. The van der Waals surface area contributed by atoms with Crippen LogP contribution < -0.4 is 15.4 Å². The lowest BCUT2D eigenvalue weighted by Crippen LogP contribution is -2.50. The van der Waals surface area contributed by atoms with E-state index in [-0.39, 0.29) is 22.8 Å². The molecule has 7 heteroatoms. The smallest absolute Gasteiger partial charge is 0.241 e. The fourth-order valence-electron chi connectivity index (χ4n) is 3.21. The molecule has 0 aliphatic carbocycles. The van der Waals surface area contributed by atoms with Gasteiger partial charge in [0.1, 0.15) is 0 Å². The molecule has 1 amide bonds. The van der Waals surface area contributed by atoms with Gasteiger partial charge < -0.3 is 10.6 Å². The zero-order valence-electron chi connectivity index (χ0n) is 14.4. The predicted octanol–water partition coefficient (Wildman–Crippen LogP) is 2.07. The average Bonchev–Trinajstić information content (AvgIpc) is 2.56. The van der Waals surface area contributed by atoms with Crippen LogP contribution in [0, 0.1) is 5.92 Å². The Morgan fingerprint density at radius 3 is 2.56 bits per heavy atom. The first-order chi connectivity index (χ1) is 11.9. The summed E-state index contributed by atoms with van der Waals surface area (Å²) in [4.78, 5) is 11.6. The van der Waals surface area contributed by atoms with Crippen molar-refractivity contribution >= 4 is 32.4 Å². The summed E-state index contributed by atoms with van der Waals surface area (Å²) in [6.45, 7) is 5.03. The molecule has 3 N–H and O–H groups in total. The lowest BCUT2D eigenvalue weighted by Gasteiger charge is -2.30. The molecule has 0 aromatic heterocycles. The number of carbonyl (C=O) groups excluding carboxylic acids is 1. The molecular formula is C18H23N3O3S. The van der Waals surface area contributed by atoms with Gasteiger partial charge in [0.05, 0.1) is 4.90 Å². The van der Waals surface area contributed by atoms with Gasteiger partial charge >= 0.3 is 0 Å². The Hall–Kier alpha value is -1.96. The molecule has 25 heavy (non-hydrogen) atoms. The monoisotopic (exact) mass is 361 g/mol. The molecule has 1 heterocycles. The van der Waals surface area contributed by atoms with Crippen molar-refractivity contribution in [2.45, 2.75) is 31.2 Å². The van der Waals surface area contributed by atoms with Gasteiger partial charge in [-0.15, -0.1) is 0 Å². The normalized spacial score (nSPS) is 21.2. The van der Waals surface area contributed by atoms with Crippen LogP contribution in [0.5, 0.6) is 0 Å². The third-order valence-corrected chi connectivity index (χ3v) is 6.17. The standard InChI is InChI=1S/C18H23N3O3S/c1-12-9-10-19-11-17(12)21-25(23,24)18-8-7-16(20-13(2)22)14-5-3-4-6-15(14)18/h3-8,12,17,19,21H,9-11H2,1-2H3,(H,20,22). The number of amides is 1. The zero-order valence-corrected chi connectivity index (χ0v) is 15.2. The Bertz CT molecular complexity index is 896. The Morgan fingerprint density at radius 1 is 1.16 bits per heavy atom. The average molecular weight is 361 g/mol. The van der Waals surface area contributed by atoms with Crippen LogP contribution in [0.2, 0.25) is 0 Å². The molecule has 2 aromatic rings. The highest BCUT2D eigenvalue weighted by Crippen LogP contribution is 2.30. The number of fused-ring (bicyclic) bond motifs is 1. The summed E-state index contributed by atoms with van der Waals surface area (Å²) >= 11 is 0. The maximum atomic E-state index is 13.0. The third kappa shape index (κ3) is 3.84. The van der Waals surface area contributed by atoms with Crippen LogP contribution in [0.1, 0.15) is 20.3 Å². The molecule has 2 atom stereocenters. The van der Waals surface area contributed by atoms with Crippen LogP contribution in [0.3, 0.4) is 0 Å². The van der Waals surface area contributed by atoms with Crippen molar-refractivity contribution < 1.29 is 13.2 Å². The number of nitrogens with one attached hydrogen (secondary N) is 3. The molecule has 0 spiro atoms. The van der Waals surface area contributed by atoms with Crippen molar-refractivity contribution in [3.63, 3.8) is 0 Å². The molecular weight excluding hydrogens is 338 g/mol. The first-order valence-electron chi connectivity index (χ1n) is 8.41. The van der Waals surface area contributed by atoms with Gasteiger partial charge in [0, 0.05) is 36.0 Å². The number of sulfonamides is 1. The van der Waals surface area contributed by atoms with E-state index in [4.69, 9.17) is 0 Å². The highest BCUT2D eigenvalue weighted by molar-refractivity contribution is 7.89. The van der Waals surface area contributed by atoms with Crippen LogP contribution in [0.4, 0.5) is 5.69 Å². The molecule has 3 rings (SSSR count). The fourth-order valence-corrected chi connectivity index (χ4v) is 4.77. The zero-order chi connectivity index (χ0) is 18.0. The largest absolute Gasteiger partial charge is 0.326 e. The fraction of sp³-hybridized carbons (Fsp3) is 0.389. The summed E-state index contributed by atoms with van der Waals surface area (Å²) in [6, 6.07) is 10.3. The molecule has 1 fully saturated rings. The van der Waals surface area contributed by atoms with Crippen LogP contribution in [0.15, 0.2) is 41.3 Å². The maximum Gasteiger partial charge on any atom is 0.241 e. The van der Waals surface area contributed by atoms with E-state index in [1.54, 1.807) is 24.3 Å².